The van der Waals surface area contributed by atoms with Crippen molar-refractivity contribution in [1.82, 2.24) is 9.88 Å². The summed E-state index contributed by atoms with van der Waals surface area (Å²) in [5, 5.41) is 18.9. The first-order valence-electron chi connectivity index (χ1n) is 7.36. The van der Waals surface area contributed by atoms with Crippen molar-refractivity contribution in [3.63, 3.8) is 0 Å². The minimum Gasteiger partial charge on any atom is -0.508 e. The van der Waals surface area contributed by atoms with Crippen LogP contribution in [0.2, 0.25) is 0 Å². The fraction of sp³-hybridized carbons (Fsp3) is 0.294. The summed E-state index contributed by atoms with van der Waals surface area (Å²) in [7, 11) is 0. The molecule has 1 unspecified atom stereocenters. The maximum Gasteiger partial charge on any atom is 0.128 e. The number of pyridine rings is 1. The van der Waals surface area contributed by atoms with Gasteiger partial charge >= 0.3 is 0 Å². The first-order valence-corrected chi connectivity index (χ1v) is 7.36. The van der Waals surface area contributed by atoms with Gasteiger partial charge in [0.2, 0.25) is 0 Å². The molecule has 1 aliphatic rings. The molecule has 5 heteroatoms. The summed E-state index contributed by atoms with van der Waals surface area (Å²) in [4.78, 5) is 8.79. The molecular weight excluding hydrogens is 276 g/mol. The van der Waals surface area contributed by atoms with Crippen molar-refractivity contribution in [1.29, 1.82) is 5.26 Å². The Morgan fingerprint density at radius 1 is 1.05 bits per heavy atom. The van der Waals surface area contributed by atoms with Crippen molar-refractivity contribution in [3.8, 4) is 11.8 Å². The summed E-state index contributed by atoms with van der Waals surface area (Å²) >= 11 is 0. The third-order valence-corrected chi connectivity index (χ3v) is 3.98. The molecule has 1 fully saturated rings. The lowest BCUT2D eigenvalue weighted by Gasteiger charge is -2.37. The predicted molar refractivity (Wildman–Crippen MR) is 84.5 cm³/mol. The predicted octanol–water partition coefficient (Wildman–Crippen LogP) is 2.17. The van der Waals surface area contributed by atoms with Gasteiger partial charge < -0.3 is 10.0 Å². The number of aromatic nitrogens is 1. The second-order valence-electron chi connectivity index (χ2n) is 5.33. The number of rotatable bonds is 3. The Hall–Kier alpha value is -2.58. The number of phenolic OH excluding ortho intramolecular Hbond substituents is 1. The summed E-state index contributed by atoms with van der Waals surface area (Å²) in [6.07, 6.45) is 1.80. The van der Waals surface area contributed by atoms with Gasteiger partial charge in [-0.3, -0.25) is 4.90 Å². The first-order chi connectivity index (χ1) is 10.8. The van der Waals surface area contributed by atoms with E-state index in [1.165, 1.54) is 0 Å². The highest BCUT2D eigenvalue weighted by Crippen LogP contribution is 2.24. The van der Waals surface area contributed by atoms with Crippen LogP contribution >= 0.6 is 0 Å². The number of aromatic hydroxyl groups is 1. The van der Waals surface area contributed by atoms with Crippen LogP contribution in [0, 0.1) is 11.3 Å². The normalized spacial score (nSPS) is 17.0. The Balaban J connectivity index is 1.67. The van der Waals surface area contributed by atoms with Crippen molar-refractivity contribution in [2.45, 2.75) is 6.04 Å². The fourth-order valence-electron chi connectivity index (χ4n) is 2.77. The summed E-state index contributed by atoms with van der Waals surface area (Å²) in [5.74, 6) is 1.21. The van der Waals surface area contributed by atoms with E-state index in [0.717, 1.165) is 37.6 Å². The number of anilines is 1. The summed E-state index contributed by atoms with van der Waals surface area (Å²) in [6, 6.07) is 14.9. The molecule has 3 rings (SSSR count). The van der Waals surface area contributed by atoms with Gasteiger partial charge in [0, 0.05) is 32.4 Å². The van der Waals surface area contributed by atoms with Crippen LogP contribution in [-0.2, 0) is 0 Å². The molecule has 1 N–H and O–H groups in total. The minimum atomic E-state index is -0.272. The molecule has 1 atom stereocenters. The van der Waals surface area contributed by atoms with Crippen molar-refractivity contribution >= 4 is 5.82 Å². The Bertz CT molecular complexity index is 643. The Morgan fingerprint density at radius 2 is 1.77 bits per heavy atom. The average molecular weight is 294 g/mol. The van der Waals surface area contributed by atoms with Gasteiger partial charge in [-0.1, -0.05) is 18.2 Å². The van der Waals surface area contributed by atoms with Crippen LogP contribution in [0.5, 0.6) is 5.75 Å². The Labute approximate surface area is 130 Å². The van der Waals surface area contributed by atoms with Crippen LogP contribution in [0.25, 0.3) is 0 Å². The molecule has 1 aromatic heterocycles. The fourth-order valence-corrected chi connectivity index (χ4v) is 2.77. The summed E-state index contributed by atoms with van der Waals surface area (Å²) in [6.45, 7) is 3.34. The molecule has 5 nitrogen and oxygen atoms in total. The highest BCUT2D eigenvalue weighted by molar-refractivity contribution is 5.38. The molecule has 22 heavy (non-hydrogen) atoms. The smallest absolute Gasteiger partial charge is 0.128 e. The largest absolute Gasteiger partial charge is 0.508 e. The van der Waals surface area contributed by atoms with Gasteiger partial charge in [-0.15, -0.1) is 0 Å². The molecule has 2 heterocycles. The number of hydrogen-bond acceptors (Lipinski definition) is 5. The second-order valence-corrected chi connectivity index (χ2v) is 5.33. The molecular formula is C17H18N4O. The first kappa shape index (κ1) is 14.4. The van der Waals surface area contributed by atoms with Crippen LogP contribution in [0.15, 0.2) is 48.7 Å². The van der Waals surface area contributed by atoms with Crippen molar-refractivity contribution in [2.24, 2.45) is 0 Å². The zero-order valence-corrected chi connectivity index (χ0v) is 12.3. The topological polar surface area (TPSA) is 63.4 Å². The van der Waals surface area contributed by atoms with Crippen LogP contribution in [0.4, 0.5) is 5.82 Å². The zero-order valence-electron chi connectivity index (χ0n) is 12.3. The molecule has 0 bridgehead atoms. The van der Waals surface area contributed by atoms with E-state index in [2.05, 4.69) is 20.9 Å². The van der Waals surface area contributed by atoms with E-state index in [9.17, 15) is 10.4 Å². The summed E-state index contributed by atoms with van der Waals surface area (Å²) < 4.78 is 0. The average Bonchev–Trinajstić information content (AvgIpc) is 2.59. The SMILES string of the molecule is N#CC(c1ccc(O)cc1)N1CCN(c2ccccn2)CC1. The van der Waals surface area contributed by atoms with E-state index < -0.39 is 0 Å². The molecule has 2 aromatic rings. The number of nitriles is 1. The van der Waals surface area contributed by atoms with Crippen LogP contribution in [-0.4, -0.2) is 41.2 Å². The van der Waals surface area contributed by atoms with Crippen LogP contribution in [0.3, 0.4) is 0 Å². The molecule has 0 saturated carbocycles. The minimum absolute atomic E-state index is 0.223. The van der Waals surface area contributed by atoms with Gasteiger partial charge in [0.25, 0.3) is 0 Å². The maximum absolute atomic E-state index is 9.50. The quantitative estimate of drug-likeness (QED) is 0.940. The standard InChI is InChI=1S/C17H18N4O/c18-13-16(14-4-6-15(22)7-5-14)20-9-11-21(12-10-20)17-3-1-2-8-19-17/h1-8,16,22H,9-12H2. The lowest BCUT2D eigenvalue weighted by Crippen LogP contribution is -2.47. The monoisotopic (exact) mass is 294 g/mol. The number of hydrogen-bond donors (Lipinski definition) is 1. The molecule has 1 aromatic carbocycles. The van der Waals surface area contributed by atoms with Gasteiger partial charge in [0.15, 0.2) is 0 Å². The Morgan fingerprint density at radius 3 is 2.36 bits per heavy atom. The van der Waals surface area contributed by atoms with Crippen molar-refractivity contribution in [3.05, 3.63) is 54.2 Å². The van der Waals surface area contributed by atoms with Gasteiger partial charge in [-0.25, -0.2) is 4.98 Å². The van der Waals surface area contributed by atoms with E-state index in [-0.39, 0.29) is 11.8 Å². The van der Waals surface area contributed by atoms with Gasteiger partial charge in [0.05, 0.1) is 6.07 Å². The van der Waals surface area contributed by atoms with Gasteiger partial charge in [-0.2, -0.15) is 5.26 Å². The highest BCUT2D eigenvalue weighted by Gasteiger charge is 2.25. The van der Waals surface area contributed by atoms with Crippen LogP contribution in [0.1, 0.15) is 11.6 Å². The number of nitrogens with zero attached hydrogens (tertiary/aromatic N) is 4. The molecule has 0 radical (unpaired) electrons. The lowest BCUT2D eigenvalue weighted by atomic mass is 10.1. The van der Waals surface area contributed by atoms with E-state index in [4.69, 9.17) is 0 Å². The van der Waals surface area contributed by atoms with Crippen molar-refractivity contribution < 1.29 is 5.11 Å². The van der Waals surface area contributed by atoms with Crippen LogP contribution < -0.4 is 4.90 Å². The lowest BCUT2D eigenvalue weighted by molar-refractivity contribution is 0.221. The van der Waals surface area contributed by atoms with Crippen molar-refractivity contribution in [2.75, 3.05) is 31.1 Å². The number of phenols is 1. The number of benzene rings is 1. The Kier molecular flexibility index (Phi) is 4.22. The zero-order chi connectivity index (χ0) is 15.4. The third-order valence-electron chi connectivity index (χ3n) is 3.98. The number of piperazine rings is 1. The van der Waals surface area contributed by atoms with E-state index >= 15 is 0 Å². The molecule has 0 spiro atoms. The molecule has 0 amide bonds. The summed E-state index contributed by atoms with van der Waals surface area (Å²) in [5.41, 5.74) is 0.923. The molecule has 1 saturated heterocycles. The van der Waals surface area contributed by atoms with E-state index in [1.807, 2.05) is 30.3 Å². The van der Waals surface area contributed by atoms with Gasteiger partial charge in [-0.05, 0) is 29.8 Å². The highest BCUT2D eigenvalue weighted by atomic mass is 16.3. The molecule has 1 aliphatic heterocycles. The maximum atomic E-state index is 9.50. The second kappa shape index (κ2) is 6.46. The van der Waals surface area contributed by atoms with Gasteiger partial charge in [0.1, 0.15) is 17.6 Å². The van der Waals surface area contributed by atoms with E-state index in [0.29, 0.717) is 0 Å². The molecule has 0 aliphatic carbocycles. The molecule has 112 valence electrons. The van der Waals surface area contributed by atoms with E-state index in [1.54, 1.807) is 18.3 Å². The third kappa shape index (κ3) is 3.02.